The Balaban J connectivity index is 0.00000784. The molecule has 1 aromatic carbocycles. The minimum Gasteiger partial charge on any atom is -0.444 e. The van der Waals surface area contributed by atoms with E-state index in [0.717, 1.165) is 5.56 Å². The number of nitrogens with zero attached hydrogens (tertiary/aromatic N) is 1. The number of alkyl carbamates (subject to hydrolysis) is 1. The lowest BCUT2D eigenvalue weighted by atomic mass is 10.1. The van der Waals surface area contributed by atoms with Crippen LogP contribution in [0.1, 0.15) is 38.8 Å². The Morgan fingerprint density at radius 3 is 2.41 bits per heavy atom. The summed E-state index contributed by atoms with van der Waals surface area (Å²) in [4.78, 5) is 16.0. The number of rotatable bonds is 8. The summed E-state index contributed by atoms with van der Waals surface area (Å²) in [6.45, 7) is 7.80. The molecule has 0 bridgehead atoms. The van der Waals surface area contributed by atoms with Crippen LogP contribution in [0.2, 0.25) is 0 Å². The fraction of sp³-hybridized carbons (Fsp3) is 0.579. The van der Waals surface area contributed by atoms with Crippen molar-refractivity contribution in [2.24, 2.45) is 4.99 Å². The van der Waals surface area contributed by atoms with Crippen molar-refractivity contribution in [2.75, 3.05) is 19.6 Å². The first-order valence-corrected chi connectivity index (χ1v) is 9.14. The summed E-state index contributed by atoms with van der Waals surface area (Å²) in [6.07, 6.45) is -0.496. The van der Waals surface area contributed by atoms with Crippen LogP contribution in [0, 0.1) is 6.92 Å². The zero-order valence-electron chi connectivity index (χ0n) is 17.5. The summed E-state index contributed by atoms with van der Waals surface area (Å²) in [6, 6.07) is 4.98. The van der Waals surface area contributed by atoms with Gasteiger partial charge in [-0.1, -0.05) is 17.7 Å². The maximum absolute atomic E-state index is 12.6. The number of benzene rings is 1. The van der Waals surface area contributed by atoms with Crippen LogP contribution in [0.3, 0.4) is 0 Å². The quantitative estimate of drug-likeness (QED) is 0.207. The first-order chi connectivity index (χ1) is 13.1. The van der Waals surface area contributed by atoms with Gasteiger partial charge in [-0.3, -0.25) is 0 Å². The van der Waals surface area contributed by atoms with Crippen molar-refractivity contribution in [2.45, 2.75) is 53.4 Å². The molecule has 0 unspecified atom stereocenters. The molecule has 1 rings (SSSR count). The van der Waals surface area contributed by atoms with Crippen LogP contribution in [0.15, 0.2) is 23.2 Å². The van der Waals surface area contributed by atoms with Crippen LogP contribution in [0.4, 0.5) is 13.6 Å². The van der Waals surface area contributed by atoms with E-state index in [2.05, 4.69) is 25.7 Å². The Morgan fingerprint density at radius 2 is 1.83 bits per heavy atom. The van der Waals surface area contributed by atoms with Crippen LogP contribution in [-0.2, 0) is 11.3 Å². The van der Waals surface area contributed by atoms with E-state index in [1.165, 1.54) is 6.07 Å². The molecule has 0 aliphatic heterocycles. The molecule has 29 heavy (non-hydrogen) atoms. The molecule has 10 heteroatoms. The number of hydrogen-bond acceptors (Lipinski definition) is 4. The van der Waals surface area contributed by atoms with E-state index in [0.29, 0.717) is 31.2 Å². The molecule has 0 saturated heterocycles. The molecule has 0 atom stereocenters. The van der Waals surface area contributed by atoms with Gasteiger partial charge in [0.2, 0.25) is 0 Å². The normalized spacial score (nSPS) is 11.5. The smallest absolute Gasteiger partial charge is 0.407 e. The summed E-state index contributed by atoms with van der Waals surface area (Å²) in [5, 5.41) is 8.76. The van der Waals surface area contributed by atoms with Gasteiger partial charge < -0.3 is 25.4 Å². The predicted molar refractivity (Wildman–Crippen MR) is 120 cm³/mol. The van der Waals surface area contributed by atoms with E-state index in [-0.39, 0.29) is 36.3 Å². The predicted octanol–water partition coefficient (Wildman–Crippen LogP) is 3.79. The van der Waals surface area contributed by atoms with E-state index in [1.807, 2.05) is 13.8 Å². The lowest BCUT2D eigenvalue weighted by molar-refractivity contribution is -0.0504. The second-order valence-corrected chi connectivity index (χ2v) is 7.04. The highest BCUT2D eigenvalue weighted by Gasteiger charge is 2.15. The minimum absolute atomic E-state index is 0. The van der Waals surface area contributed by atoms with Crippen LogP contribution in [0.5, 0.6) is 5.75 Å². The van der Waals surface area contributed by atoms with Crippen molar-refractivity contribution in [1.29, 1.82) is 0 Å². The molecule has 0 aromatic heterocycles. The highest BCUT2D eigenvalue weighted by molar-refractivity contribution is 14.0. The SMILES string of the molecule is CCNC(=NCc1cc(C)ccc1OC(F)F)NCCNC(=O)OC(C)(C)C.I. The third-order valence-corrected chi connectivity index (χ3v) is 3.27. The molecule has 1 amide bonds. The van der Waals surface area contributed by atoms with Crippen molar-refractivity contribution in [1.82, 2.24) is 16.0 Å². The minimum atomic E-state index is -2.89. The van der Waals surface area contributed by atoms with Gasteiger partial charge in [0.1, 0.15) is 11.4 Å². The zero-order valence-corrected chi connectivity index (χ0v) is 19.8. The Hall–Kier alpha value is -1.85. The number of ether oxygens (including phenoxy) is 2. The van der Waals surface area contributed by atoms with Gasteiger partial charge in [-0.05, 0) is 40.7 Å². The lowest BCUT2D eigenvalue weighted by Crippen LogP contribution is -2.42. The van der Waals surface area contributed by atoms with Crippen LogP contribution >= 0.6 is 24.0 Å². The van der Waals surface area contributed by atoms with E-state index in [9.17, 15) is 13.6 Å². The lowest BCUT2D eigenvalue weighted by Gasteiger charge is -2.20. The van der Waals surface area contributed by atoms with Crippen LogP contribution < -0.4 is 20.7 Å². The van der Waals surface area contributed by atoms with Gasteiger partial charge in [-0.15, -0.1) is 24.0 Å². The van der Waals surface area contributed by atoms with Crippen LogP contribution in [-0.4, -0.2) is 43.9 Å². The maximum atomic E-state index is 12.6. The Labute approximate surface area is 188 Å². The Morgan fingerprint density at radius 1 is 1.17 bits per heavy atom. The number of amides is 1. The highest BCUT2D eigenvalue weighted by Crippen LogP contribution is 2.22. The number of alkyl halides is 2. The summed E-state index contributed by atoms with van der Waals surface area (Å²) in [5.41, 5.74) is 0.926. The first kappa shape index (κ1) is 27.1. The topological polar surface area (TPSA) is 84.0 Å². The van der Waals surface area contributed by atoms with E-state index >= 15 is 0 Å². The van der Waals surface area contributed by atoms with Gasteiger partial charge in [-0.2, -0.15) is 8.78 Å². The summed E-state index contributed by atoms with van der Waals surface area (Å²) in [5.74, 6) is 0.602. The first-order valence-electron chi connectivity index (χ1n) is 9.14. The van der Waals surface area contributed by atoms with Gasteiger partial charge in [0.25, 0.3) is 0 Å². The fourth-order valence-electron chi connectivity index (χ4n) is 2.21. The molecule has 0 aliphatic carbocycles. The molecule has 0 aliphatic rings. The largest absolute Gasteiger partial charge is 0.444 e. The van der Waals surface area contributed by atoms with Gasteiger partial charge in [0.15, 0.2) is 5.96 Å². The monoisotopic (exact) mass is 528 g/mol. The van der Waals surface area contributed by atoms with Crippen molar-refractivity contribution in [3.63, 3.8) is 0 Å². The fourth-order valence-corrected chi connectivity index (χ4v) is 2.21. The number of carbonyl (C=O) groups is 1. The maximum Gasteiger partial charge on any atom is 0.407 e. The summed E-state index contributed by atoms with van der Waals surface area (Å²) >= 11 is 0. The molecule has 1 aromatic rings. The number of halogens is 3. The molecule has 166 valence electrons. The van der Waals surface area contributed by atoms with Crippen LogP contribution in [0.25, 0.3) is 0 Å². The molecular formula is C19H31F2IN4O3. The van der Waals surface area contributed by atoms with Gasteiger partial charge >= 0.3 is 12.7 Å². The molecule has 0 saturated carbocycles. The number of aryl methyl sites for hydroxylation is 1. The van der Waals surface area contributed by atoms with Gasteiger partial charge in [0.05, 0.1) is 6.54 Å². The standard InChI is InChI=1S/C19H30F2N4O3.HI/c1-6-22-17(23-9-10-24-18(26)28-19(3,4)5)25-12-14-11-13(2)7-8-15(14)27-16(20)21;/h7-8,11,16H,6,9-10,12H2,1-5H3,(H,24,26)(H2,22,23,25);1H. The third-order valence-electron chi connectivity index (χ3n) is 3.27. The zero-order chi connectivity index (χ0) is 21.2. The summed E-state index contributed by atoms with van der Waals surface area (Å²) in [7, 11) is 0. The van der Waals surface area contributed by atoms with Crippen molar-refractivity contribution in [3.05, 3.63) is 29.3 Å². The molecule has 3 N–H and O–H groups in total. The Bertz CT molecular complexity index is 667. The van der Waals surface area contributed by atoms with E-state index in [4.69, 9.17) is 4.74 Å². The van der Waals surface area contributed by atoms with E-state index in [1.54, 1.807) is 32.9 Å². The number of guanidine groups is 1. The molecular weight excluding hydrogens is 497 g/mol. The van der Waals surface area contributed by atoms with Crippen molar-refractivity contribution >= 4 is 36.0 Å². The Kier molecular flexibility index (Phi) is 12.5. The number of nitrogens with one attached hydrogen (secondary N) is 3. The van der Waals surface area contributed by atoms with Crippen molar-refractivity contribution in [3.8, 4) is 5.75 Å². The van der Waals surface area contributed by atoms with E-state index < -0.39 is 18.3 Å². The highest BCUT2D eigenvalue weighted by atomic mass is 127. The molecule has 0 radical (unpaired) electrons. The molecule has 0 heterocycles. The van der Waals surface area contributed by atoms with Gasteiger partial charge in [-0.25, -0.2) is 9.79 Å². The second-order valence-electron chi connectivity index (χ2n) is 7.04. The summed E-state index contributed by atoms with van der Waals surface area (Å²) < 4.78 is 34.8. The molecule has 0 fully saturated rings. The number of aliphatic imine (C=N–C) groups is 1. The second kappa shape index (κ2) is 13.4. The number of carbonyl (C=O) groups excluding carboxylic acids is 1. The number of hydrogen-bond donors (Lipinski definition) is 3. The molecule has 0 spiro atoms. The van der Waals surface area contributed by atoms with Gasteiger partial charge in [0, 0.05) is 25.2 Å². The van der Waals surface area contributed by atoms with Crippen molar-refractivity contribution < 1.29 is 23.0 Å². The average Bonchev–Trinajstić information content (AvgIpc) is 2.56. The molecule has 7 nitrogen and oxygen atoms in total. The average molecular weight is 528 g/mol. The third kappa shape index (κ3) is 12.3.